The van der Waals surface area contributed by atoms with E-state index < -0.39 is 16.0 Å². The molecule has 1 aliphatic rings. The van der Waals surface area contributed by atoms with Crippen molar-refractivity contribution in [1.82, 2.24) is 0 Å². The highest BCUT2D eigenvalue weighted by Crippen LogP contribution is 2.26. The number of fused-ring (bicyclic) bond motifs is 1. The molecule has 0 bridgehead atoms. The number of hydrogen-bond acceptors (Lipinski definition) is 6. The first-order valence-electron chi connectivity index (χ1n) is 8.70. The second kappa shape index (κ2) is 7.69. The van der Waals surface area contributed by atoms with Crippen molar-refractivity contribution in [1.29, 1.82) is 0 Å². The van der Waals surface area contributed by atoms with Crippen LogP contribution in [0, 0.1) is 0 Å². The highest BCUT2D eigenvalue weighted by atomic mass is 32.2. The molecule has 1 heterocycles. The molecular formula is C21H14N2O5S2. The van der Waals surface area contributed by atoms with Crippen LogP contribution in [0.3, 0.4) is 0 Å². The van der Waals surface area contributed by atoms with Crippen LogP contribution in [0.15, 0.2) is 86.4 Å². The average Bonchev–Trinajstić information content (AvgIpc) is 3.27. The predicted molar refractivity (Wildman–Crippen MR) is 114 cm³/mol. The summed E-state index contributed by atoms with van der Waals surface area (Å²) >= 11 is 1.05. The summed E-state index contributed by atoms with van der Waals surface area (Å²) in [4.78, 5) is 24.1. The van der Waals surface area contributed by atoms with Crippen molar-refractivity contribution in [3.05, 3.63) is 94.5 Å². The number of hydrogen-bond donors (Lipinski definition) is 2. The van der Waals surface area contributed by atoms with Crippen molar-refractivity contribution in [3.63, 3.8) is 0 Å². The van der Waals surface area contributed by atoms with Crippen LogP contribution in [0.5, 0.6) is 0 Å². The number of allylic oxidation sites excluding steroid dienone is 2. The van der Waals surface area contributed by atoms with Crippen molar-refractivity contribution in [3.8, 4) is 0 Å². The first kappa shape index (κ1) is 19.7. The highest BCUT2D eigenvalue weighted by molar-refractivity contribution is 7.92. The molecule has 0 aliphatic heterocycles. The number of nitrogens with zero attached hydrogens (tertiary/aromatic N) is 1. The van der Waals surface area contributed by atoms with Crippen molar-refractivity contribution >= 4 is 44.5 Å². The zero-order valence-electron chi connectivity index (χ0n) is 15.3. The molecule has 0 fully saturated rings. The molecule has 150 valence electrons. The van der Waals surface area contributed by atoms with Gasteiger partial charge in [-0.05, 0) is 35.7 Å². The van der Waals surface area contributed by atoms with Crippen LogP contribution in [0.2, 0.25) is 0 Å². The number of anilines is 1. The minimum Gasteiger partial charge on any atom is -0.478 e. The molecule has 1 aromatic heterocycles. The van der Waals surface area contributed by atoms with Crippen LogP contribution >= 0.6 is 11.3 Å². The Morgan fingerprint density at radius 3 is 2.47 bits per heavy atom. The number of thiophene rings is 1. The van der Waals surface area contributed by atoms with E-state index in [1.807, 2.05) is 0 Å². The summed E-state index contributed by atoms with van der Waals surface area (Å²) in [6, 6.07) is 15.7. The third-order valence-corrected chi connectivity index (χ3v) is 6.99. The lowest BCUT2D eigenvalue weighted by Gasteiger charge is -2.18. The molecule has 9 heteroatoms. The van der Waals surface area contributed by atoms with Crippen LogP contribution in [0.1, 0.15) is 26.3 Å². The van der Waals surface area contributed by atoms with Crippen molar-refractivity contribution < 1.29 is 23.1 Å². The lowest BCUT2D eigenvalue weighted by atomic mass is 9.92. The second-order valence-electron chi connectivity index (χ2n) is 6.33. The summed E-state index contributed by atoms with van der Waals surface area (Å²) < 4.78 is 29.4. The fourth-order valence-corrected chi connectivity index (χ4v) is 4.93. The molecular weight excluding hydrogens is 424 g/mol. The number of aromatic carboxylic acids is 1. The Balaban J connectivity index is 1.80. The number of carboxylic acid groups (broad SMARTS) is 1. The topological polar surface area (TPSA) is 113 Å². The van der Waals surface area contributed by atoms with Crippen LogP contribution < -0.4 is 5.32 Å². The molecule has 0 unspecified atom stereocenters. The van der Waals surface area contributed by atoms with Gasteiger partial charge in [0.1, 0.15) is 4.21 Å². The standard InChI is InChI=1S/C21H14N2O5S2/c24-20-16-8-2-1-7-15(16)17(23-30(27,28)19-9-4-10-29-19)12-18(20)22-14-6-3-5-13(11-14)21(25)26/h1-12,22H,(H,25,26). The number of Topliss-reactive ketones (excluding diaryl/α,β-unsaturated/α-hetero) is 1. The summed E-state index contributed by atoms with van der Waals surface area (Å²) in [6.45, 7) is 0. The Labute approximate surface area is 176 Å². The first-order valence-corrected chi connectivity index (χ1v) is 11.0. The lowest BCUT2D eigenvalue weighted by molar-refractivity contribution is 0.0696. The van der Waals surface area contributed by atoms with Gasteiger partial charge >= 0.3 is 5.97 Å². The van der Waals surface area contributed by atoms with E-state index in [1.165, 1.54) is 24.3 Å². The van der Waals surface area contributed by atoms with Gasteiger partial charge in [0.2, 0.25) is 5.78 Å². The third-order valence-electron chi connectivity index (χ3n) is 4.33. The van der Waals surface area contributed by atoms with E-state index in [9.17, 15) is 18.0 Å². The molecule has 0 amide bonds. The zero-order chi connectivity index (χ0) is 21.3. The van der Waals surface area contributed by atoms with Gasteiger partial charge in [-0.1, -0.05) is 36.4 Å². The van der Waals surface area contributed by atoms with Crippen LogP contribution in [-0.4, -0.2) is 31.0 Å². The Hall–Kier alpha value is -3.56. The summed E-state index contributed by atoms with van der Waals surface area (Å²) in [7, 11) is -3.95. The summed E-state index contributed by atoms with van der Waals surface area (Å²) in [5.41, 5.74) is 1.36. The van der Waals surface area contributed by atoms with Crippen molar-refractivity contribution in [2.45, 2.75) is 4.21 Å². The fourth-order valence-electron chi connectivity index (χ4n) is 2.97. The third kappa shape index (κ3) is 3.80. The Morgan fingerprint density at radius 2 is 1.77 bits per heavy atom. The number of benzene rings is 2. The maximum absolute atomic E-state index is 12.9. The highest BCUT2D eigenvalue weighted by Gasteiger charge is 2.26. The minimum atomic E-state index is -3.95. The molecule has 3 aromatic rings. The number of rotatable bonds is 5. The molecule has 0 saturated carbocycles. The lowest BCUT2D eigenvalue weighted by Crippen LogP contribution is -2.22. The van der Waals surface area contributed by atoms with Crippen LogP contribution in [-0.2, 0) is 10.0 Å². The number of ketones is 1. The molecule has 1 aliphatic carbocycles. The maximum Gasteiger partial charge on any atom is 0.335 e. The number of sulfonamides is 1. The summed E-state index contributed by atoms with van der Waals surface area (Å²) in [6.07, 6.45) is 1.36. The summed E-state index contributed by atoms with van der Waals surface area (Å²) in [5.74, 6) is -1.45. The molecule has 0 atom stereocenters. The van der Waals surface area contributed by atoms with Gasteiger partial charge in [0.25, 0.3) is 10.0 Å². The number of nitrogens with one attached hydrogen (secondary N) is 1. The molecule has 2 aromatic carbocycles. The van der Waals surface area contributed by atoms with E-state index in [-0.39, 0.29) is 27.0 Å². The molecule has 2 N–H and O–H groups in total. The van der Waals surface area contributed by atoms with Gasteiger partial charge in [-0.25, -0.2) is 4.79 Å². The van der Waals surface area contributed by atoms with Gasteiger partial charge in [0.05, 0.1) is 17.0 Å². The molecule has 0 spiro atoms. The van der Waals surface area contributed by atoms with Crippen LogP contribution in [0.4, 0.5) is 5.69 Å². The van der Waals surface area contributed by atoms with E-state index in [0.717, 1.165) is 11.3 Å². The van der Waals surface area contributed by atoms with Gasteiger partial charge < -0.3 is 10.4 Å². The van der Waals surface area contributed by atoms with E-state index in [1.54, 1.807) is 47.8 Å². The number of carbonyl (C=O) groups excluding carboxylic acids is 1. The van der Waals surface area contributed by atoms with Gasteiger partial charge in [-0.15, -0.1) is 11.3 Å². The smallest absolute Gasteiger partial charge is 0.335 e. The Kier molecular flexibility index (Phi) is 5.06. The van der Waals surface area contributed by atoms with Gasteiger partial charge in [0.15, 0.2) is 0 Å². The van der Waals surface area contributed by atoms with E-state index in [2.05, 4.69) is 9.71 Å². The minimum absolute atomic E-state index is 0.0541. The molecule has 0 saturated heterocycles. The van der Waals surface area contributed by atoms with Crippen molar-refractivity contribution in [2.75, 3.05) is 5.32 Å². The monoisotopic (exact) mass is 438 g/mol. The van der Waals surface area contributed by atoms with Gasteiger partial charge in [-0.2, -0.15) is 12.8 Å². The SMILES string of the molecule is O=C(O)c1cccc(NC2=CC(=NS(=O)(=O)c3cccs3)c3ccccc3C2=O)c1. The van der Waals surface area contributed by atoms with Crippen molar-refractivity contribution in [2.24, 2.45) is 4.40 Å². The van der Waals surface area contributed by atoms with E-state index >= 15 is 0 Å². The Morgan fingerprint density at radius 1 is 1.00 bits per heavy atom. The van der Waals surface area contributed by atoms with Gasteiger partial charge in [-0.3, -0.25) is 4.79 Å². The molecule has 0 radical (unpaired) electrons. The largest absolute Gasteiger partial charge is 0.478 e. The molecule has 7 nitrogen and oxygen atoms in total. The van der Waals surface area contributed by atoms with E-state index in [0.29, 0.717) is 16.8 Å². The molecule has 4 rings (SSSR count). The quantitative estimate of drug-likeness (QED) is 0.626. The predicted octanol–water partition coefficient (Wildman–Crippen LogP) is 3.82. The number of carbonyl (C=O) groups is 2. The summed E-state index contributed by atoms with van der Waals surface area (Å²) in [5, 5.41) is 13.7. The average molecular weight is 438 g/mol. The fraction of sp³-hybridized carbons (Fsp3) is 0. The first-order chi connectivity index (χ1) is 14.3. The molecule has 30 heavy (non-hydrogen) atoms. The maximum atomic E-state index is 12.9. The zero-order valence-corrected chi connectivity index (χ0v) is 16.9. The number of carboxylic acids is 1. The van der Waals surface area contributed by atoms with Gasteiger partial charge in [0, 0.05) is 16.8 Å². The second-order valence-corrected chi connectivity index (χ2v) is 9.11. The van der Waals surface area contributed by atoms with Crippen LogP contribution in [0.25, 0.3) is 0 Å². The Bertz CT molecular complexity index is 1320. The van der Waals surface area contributed by atoms with E-state index in [4.69, 9.17) is 5.11 Å². The normalized spacial score (nSPS) is 14.9.